The van der Waals surface area contributed by atoms with E-state index >= 15 is 0 Å². The van der Waals surface area contributed by atoms with Gasteiger partial charge < -0.3 is 14.8 Å². The highest BCUT2D eigenvalue weighted by molar-refractivity contribution is 5.93. The largest absolute Gasteiger partial charge is 0.475 e. The number of carbonyl (C=O) groups is 1. The van der Waals surface area contributed by atoms with E-state index in [1.165, 1.54) is 5.56 Å². The zero-order valence-electron chi connectivity index (χ0n) is 13.6. The van der Waals surface area contributed by atoms with Gasteiger partial charge in [0, 0.05) is 25.4 Å². The molecule has 0 bridgehead atoms. The fourth-order valence-corrected chi connectivity index (χ4v) is 2.62. The van der Waals surface area contributed by atoms with Crippen molar-refractivity contribution in [3.63, 3.8) is 0 Å². The maximum absolute atomic E-state index is 12.1. The molecule has 24 heavy (non-hydrogen) atoms. The van der Waals surface area contributed by atoms with Crippen molar-refractivity contribution in [3.05, 3.63) is 59.8 Å². The minimum absolute atomic E-state index is 0.121. The molecule has 1 aliphatic rings. The summed E-state index contributed by atoms with van der Waals surface area (Å²) in [6, 6.07) is 13.5. The van der Waals surface area contributed by atoms with Crippen LogP contribution in [0.25, 0.3) is 0 Å². The van der Waals surface area contributed by atoms with E-state index in [0.717, 1.165) is 25.9 Å². The van der Waals surface area contributed by atoms with E-state index < -0.39 is 0 Å². The van der Waals surface area contributed by atoms with Crippen molar-refractivity contribution in [2.45, 2.75) is 25.4 Å². The molecule has 5 nitrogen and oxygen atoms in total. The predicted molar refractivity (Wildman–Crippen MR) is 91.2 cm³/mol. The van der Waals surface area contributed by atoms with Crippen LogP contribution in [0.3, 0.4) is 0 Å². The Hall–Kier alpha value is -2.40. The molecule has 0 radical (unpaired) electrons. The molecule has 1 aliphatic heterocycles. The fraction of sp³-hybridized carbons (Fsp3) is 0.368. The fourth-order valence-electron chi connectivity index (χ4n) is 2.62. The summed E-state index contributed by atoms with van der Waals surface area (Å²) < 4.78 is 11.1. The number of amides is 1. The molecule has 1 fully saturated rings. The lowest BCUT2D eigenvalue weighted by Gasteiger charge is -2.11. The summed E-state index contributed by atoms with van der Waals surface area (Å²) in [7, 11) is 0. The molecule has 2 heterocycles. The van der Waals surface area contributed by atoms with Crippen molar-refractivity contribution >= 4 is 5.91 Å². The van der Waals surface area contributed by atoms with Gasteiger partial charge in [-0.3, -0.25) is 4.79 Å². The zero-order chi connectivity index (χ0) is 16.6. The van der Waals surface area contributed by atoms with Crippen LogP contribution < -0.4 is 10.1 Å². The summed E-state index contributed by atoms with van der Waals surface area (Å²) in [6.45, 7) is 1.92. The van der Waals surface area contributed by atoms with Gasteiger partial charge in [-0.15, -0.1) is 0 Å². The molecular formula is C19H22N2O3. The third-order valence-electron chi connectivity index (χ3n) is 3.98. The average Bonchev–Trinajstić information content (AvgIpc) is 3.15. The Morgan fingerprint density at radius 2 is 2.12 bits per heavy atom. The van der Waals surface area contributed by atoms with Crippen molar-refractivity contribution < 1.29 is 14.3 Å². The minimum Gasteiger partial charge on any atom is -0.475 e. The van der Waals surface area contributed by atoms with Crippen molar-refractivity contribution in [2.24, 2.45) is 0 Å². The van der Waals surface area contributed by atoms with E-state index in [0.29, 0.717) is 24.6 Å². The number of pyridine rings is 1. The van der Waals surface area contributed by atoms with Gasteiger partial charge >= 0.3 is 0 Å². The second-order valence-corrected chi connectivity index (χ2v) is 5.82. The van der Waals surface area contributed by atoms with Gasteiger partial charge in [-0.1, -0.05) is 30.3 Å². The molecule has 0 saturated carbocycles. The highest BCUT2D eigenvalue weighted by Crippen LogP contribution is 2.14. The number of ether oxygens (including phenoxy) is 2. The first-order chi connectivity index (χ1) is 11.8. The van der Waals surface area contributed by atoms with Crippen LogP contribution in [0, 0.1) is 0 Å². The molecule has 126 valence electrons. The quantitative estimate of drug-likeness (QED) is 0.850. The third-order valence-corrected chi connectivity index (χ3v) is 3.98. The molecule has 1 amide bonds. The SMILES string of the molecule is O=C(NCCc1ccccc1)c1ccc(OC[C@H]2CCCO2)nc1. The summed E-state index contributed by atoms with van der Waals surface area (Å²) >= 11 is 0. The molecule has 5 heteroatoms. The molecule has 1 atom stereocenters. The number of hydrogen-bond acceptors (Lipinski definition) is 4. The highest BCUT2D eigenvalue weighted by Gasteiger charge is 2.16. The number of hydrogen-bond donors (Lipinski definition) is 1. The minimum atomic E-state index is -0.121. The third kappa shape index (κ3) is 4.80. The van der Waals surface area contributed by atoms with Gasteiger partial charge in [-0.2, -0.15) is 0 Å². The molecule has 0 aliphatic carbocycles. The first kappa shape index (κ1) is 16.5. The van der Waals surface area contributed by atoms with Gasteiger partial charge in [0.15, 0.2) is 0 Å². The Labute approximate surface area is 142 Å². The first-order valence-electron chi connectivity index (χ1n) is 8.34. The van der Waals surface area contributed by atoms with Crippen LogP contribution in [0.1, 0.15) is 28.8 Å². The van der Waals surface area contributed by atoms with Gasteiger partial charge in [0.1, 0.15) is 6.61 Å². The van der Waals surface area contributed by atoms with Crippen molar-refractivity contribution in [2.75, 3.05) is 19.8 Å². The number of carbonyl (C=O) groups excluding carboxylic acids is 1. The van der Waals surface area contributed by atoms with Crippen LogP contribution in [0.2, 0.25) is 0 Å². The first-order valence-corrected chi connectivity index (χ1v) is 8.34. The molecule has 1 saturated heterocycles. The monoisotopic (exact) mass is 326 g/mol. The average molecular weight is 326 g/mol. The summed E-state index contributed by atoms with van der Waals surface area (Å²) in [6.07, 6.45) is 4.63. The van der Waals surface area contributed by atoms with E-state index in [9.17, 15) is 4.79 Å². The molecule has 0 spiro atoms. The van der Waals surface area contributed by atoms with Crippen LogP contribution in [-0.4, -0.2) is 36.8 Å². The standard InChI is InChI=1S/C19H22N2O3/c22-19(20-11-10-15-5-2-1-3-6-15)16-8-9-18(21-13-16)24-14-17-7-4-12-23-17/h1-3,5-6,8-9,13,17H,4,7,10-12,14H2,(H,20,22)/t17-/m1/s1. The Morgan fingerprint density at radius 1 is 1.25 bits per heavy atom. The van der Waals surface area contributed by atoms with Crippen LogP contribution in [0.5, 0.6) is 5.88 Å². The molecule has 3 rings (SSSR count). The van der Waals surface area contributed by atoms with E-state index in [2.05, 4.69) is 10.3 Å². The Morgan fingerprint density at radius 3 is 2.83 bits per heavy atom. The maximum Gasteiger partial charge on any atom is 0.252 e. The van der Waals surface area contributed by atoms with E-state index in [-0.39, 0.29) is 12.0 Å². The Kier molecular flexibility index (Phi) is 5.80. The van der Waals surface area contributed by atoms with Crippen molar-refractivity contribution in [3.8, 4) is 5.88 Å². The van der Waals surface area contributed by atoms with Gasteiger partial charge in [-0.05, 0) is 30.9 Å². The van der Waals surface area contributed by atoms with Crippen molar-refractivity contribution in [1.29, 1.82) is 0 Å². The lowest BCUT2D eigenvalue weighted by Crippen LogP contribution is -2.25. The van der Waals surface area contributed by atoms with E-state index in [1.54, 1.807) is 18.3 Å². The van der Waals surface area contributed by atoms with Crippen molar-refractivity contribution in [1.82, 2.24) is 10.3 Å². The number of rotatable bonds is 7. The van der Waals surface area contributed by atoms with Crippen LogP contribution in [0.4, 0.5) is 0 Å². The van der Waals surface area contributed by atoms with Gasteiger partial charge in [0.2, 0.25) is 5.88 Å². The molecule has 1 aromatic heterocycles. The lowest BCUT2D eigenvalue weighted by atomic mass is 10.1. The van der Waals surface area contributed by atoms with Gasteiger partial charge in [0.05, 0.1) is 11.7 Å². The van der Waals surface area contributed by atoms with E-state index in [4.69, 9.17) is 9.47 Å². The molecule has 2 aromatic rings. The zero-order valence-corrected chi connectivity index (χ0v) is 13.6. The van der Waals surface area contributed by atoms with Crippen LogP contribution >= 0.6 is 0 Å². The highest BCUT2D eigenvalue weighted by atomic mass is 16.5. The second-order valence-electron chi connectivity index (χ2n) is 5.82. The number of nitrogens with one attached hydrogen (secondary N) is 1. The second kappa shape index (κ2) is 8.45. The lowest BCUT2D eigenvalue weighted by molar-refractivity contribution is 0.0663. The summed E-state index contributed by atoms with van der Waals surface area (Å²) in [5.41, 5.74) is 1.74. The summed E-state index contributed by atoms with van der Waals surface area (Å²) in [5, 5.41) is 2.90. The number of aromatic nitrogens is 1. The molecule has 1 aromatic carbocycles. The van der Waals surface area contributed by atoms with Crippen LogP contribution in [0.15, 0.2) is 48.7 Å². The predicted octanol–water partition coefficient (Wildman–Crippen LogP) is 2.61. The Balaban J connectivity index is 1.43. The normalized spacial score (nSPS) is 16.8. The summed E-state index contributed by atoms with van der Waals surface area (Å²) in [4.78, 5) is 16.3. The Bertz CT molecular complexity index is 637. The van der Waals surface area contributed by atoms with Gasteiger partial charge in [-0.25, -0.2) is 4.98 Å². The van der Waals surface area contributed by atoms with E-state index in [1.807, 2.05) is 30.3 Å². The van der Waals surface area contributed by atoms with Crippen LogP contribution in [-0.2, 0) is 11.2 Å². The number of benzene rings is 1. The smallest absolute Gasteiger partial charge is 0.252 e. The molecular weight excluding hydrogens is 304 g/mol. The topological polar surface area (TPSA) is 60.5 Å². The number of nitrogens with zero attached hydrogens (tertiary/aromatic N) is 1. The van der Waals surface area contributed by atoms with Gasteiger partial charge in [0.25, 0.3) is 5.91 Å². The molecule has 1 N–H and O–H groups in total. The maximum atomic E-state index is 12.1. The summed E-state index contributed by atoms with van der Waals surface area (Å²) in [5.74, 6) is 0.399. The molecule has 0 unspecified atom stereocenters.